The van der Waals surface area contributed by atoms with Gasteiger partial charge in [-0.05, 0) is 41.7 Å². The first kappa shape index (κ1) is 14.5. The Kier molecular flexibility index (Phi) is 5.63. The van der Waals surface area contributed by atoms with E-state index in [-0.39, 0.29) is 5.97 Å². The summed E-state index contributed by atoms with van der Waals surface area (Å²) in [6.07, 6.45) is 6.07. The van der Waals surface area contributed by atoms with Gasteiger partial charge in [0.15, 0.2) is 0 Å². The van der Waals surface area contributed by atoms with Crippen molar-refractivity contribution in [1.82, 2.24) is 0 Å². The van der Waals surface area contributed by atoms with Crippen LogP contribution in [0.5, 0.6) is 5.75 Å². The standard InChI is InChI=1S/C16H22O2/c1-5-8-14-11-15(18-12(4)17)10-13(7-3)16(14)9-6-2/h7,10-11H,3,5-6,8-9H2,1-2,4H3. The molecule has 1 aromatic carbocycles. The first-order valence-corrected chi connectivity index (χ1v) is 6.59. The van der Waals surface area contributed by atoms with Gasteiger partial charge < -0.3 is 4.74 Å². The van der Waals surface area contributed by atoms with Crippen LogP contribution in [0.2, 0.25) is 0 Å². The maximum Gasteiger partial charge on any atom is 0.308 e. The summed E-state index contributed by atoms with van der Waals surface area (Å²) in [4.78, 5) is 11.0. The number of carbonyl (C=O) groups is 1. The molecule has 0 saturated carbocycles. The normalized spacial score (nSPS) is 10.2. The Morgan fingerprint density at radius 3 is 2.44 bits per heavy atom. The Morgan fingerprint density at radius 1 is 1.28 bits per heavy atom. The van der Waals surface area contributed by atoms with Crippen LogP contribution in [0.3, 0.4) is 0 Å². The second-order valence-electron chi connectivity index (χ2n) is 4.45. The van der Waals surface area contributed by atoms with E-state index in [0.717, 1.165) is 31.2 Å². The number of carbonyl (C=O) groups excluding carboxylic acids is 1. The third-order valence-corrected chi connectivity index (χ3v) is 2.85. The number of aryl methyl sites for hydroxylation is 1. The molecule has 0 unspecified atom stereocenters. The lowest BCUT2D eigenvalue weighted by Gasteiger charge is -2.14. The minimum absolute atomic E-state index is 0.282. The average Bonchev–Trinajstić information content (AvgIpc) is 2.31. The number of benzene rings is 1. The van der Waals surface area contributed by atoms with Crippen molar-refractivity contribution < 1.29 is 9.53 Å². The maximum absolute atomic E-state index is 11.0. The third kappa shape index (κ3) is 3.73. The molecule has 0 spiro atoms. The fourth-order valence-electron chi connectivity index (χ4n) is 2.18. The summed E-state index contributed by atoms with van der Waals surface area (Å²) in [5.41, 5.74) is 3.69. The van der Waals surface area contributed by atoms with Crippen LogP contribution in [0.25, 0.3) is 6.08 Å². The lowest BCUT2D eigenvalue weighted by molar-refractivity contribution is -0.131. The minimum Gasteiger partial charge on any atom is -0.427 e. The predicted molar refractivity (Wildman–Crippen MR) is 75.8 cm³/mol. The highest BCUT2D eigenvalue weighted by atomic mass is 16.5. The van der Waals surface area contributed by atoms with E-state index in [9.17, 15) is 4.79 Å². The molecular weight excluding hydrogens is 224 g/mol. The van der Waals surface area contributed by atoms with E-state index in [2.05, 4.69) is 20.4 Å². The van der Waals surface area contributed by atoms with E-state index < -0.39 is 0 Å². The minimum atomic E-state index is -0.282. The van der Waals surface area contributed by atoms with Gasteiger partial charge in [0.05, 0.1) is 0 Å². The van der Waals surface area contributed by atoms with Crippen molar-refractivity contribution >= 4 is 12.0 Å². The van der Waals surface area contributed by atoms with Crippen LogP contribution in [0.4, 0.5) is 0 Å². The predicted octanol–water partition coefficient (Wildman–Crippen LogP) is 4.16. The number of rotatable bonds is 6. The van der Waals surface area contributed by atoms with Crippen molar-refractivity contribution in [2.45, 2.75) is 46.5 Å². The molecule has 1 aromatic rings. The molecule has 0 aliphatic rings. The summed E-state index contributed by atoms with van der Waals surface area (Å²) in [7, 11) is 0. The largest absolute Gasteiger partial charge is 0.427 e. The quantitative estimate of drug-likeness (QED) is 0.556. The van der Waals surface area contributed by atoms with Crippen molar-refractivity contribution in [3.63, 3.8) is 0 Å². The van der Waals surface area contributed by atoms with Crippen LogP contribution < -0.4 is 4.74 Å². The summed E-state index contributed by atoms with van der Waals surface area (Å²) < 4.78 is 5.19. The summed E-state index contributed by atoms with van der Waals surface area (Å²) in [6, 6.07) is 3.89. The highest BCUT2D eigenvalue weighted by Crippen LogP contribution is 2.26. The molecule has 1 rings (SSSR count). The summed E-state index contributed by atoms with van der Waals surface area (Å²) in [5, 5.41) is 0. The molecule has 2 heteroatoms. The number of hydrogen-bond acceptors (Lipinski definition) is 2. The molecule has 98 valence electrons. The Morgan fingerprint density at radius 2 is 1.94 bits per heavy atom. The second-order valence-corrected chi connectivity index (χ2v) is 4.45. The van der Waals surface area contributed by atoms with Crippen LogP contribution in [0, 0.1) is 0 Å². The lowest BCUT2D eigenvalue weighted by Crippen LogP contribution is -2.04. The van der Waals surface area contributed by atoms with Crippen LogP contribution in [-0.2, 0) is 17.6 Å². The van der Waals surface area contributed by atoms with Gasteiger partial charge in [0.1, 0.15) is 5.75 Å². The van der Waals surface area contributed by atoms with E-state index in [0.29, 0.717) is 5.75 Å². The Labute approximate surface area is 110 Å². The van der Waals surface area contributed by atoms with Gasteiger partial charge in [-0.15, -0.1) is 0 Å². The molecule has 0 fully saturated rings. The first-order chi connectivity index (χ1) is 8.62. The van der Waals surface area contributed by atoms with Crippen molar-refractivity contribution in [3.05, 3.63) is 35.4 Å². The number of esters is 1. The van der Waals surface area contributed by atoms with Gasteiger partial charge in [-0.25, -0.2) is 0 Å². The molecule has 0 atom stereocenters. The number of hydrogen-bond donors (Lipinski definition) is 0. The highest BCUT2D eigenvalue weighted by molar-refractivity contribution is 5.70. The molecule has 0 N–H and O–H groups in total. The molecule has 0 bridgehead atoms. The molecule has 0 saturated heterocycles. The van der Waals surface area contributed by atoms with E-state index in [1.54, 1.807) is 0 Å². The Hall–Kier alpha value is -1.57. The van der Waals surface area contributed by atoms with Gasteiger partial charge in [0.2, 0.25) is 0 Å². The molecular formula is C16H22O2. The molecule has 2 nitrogen and oxygen atoms in total. The zero-order valence-corrected chi connectivity index (χ0v) is 11.6. The van der Waals surface area contributed by atoms with Crippen LogP contribution >= 0.6 is 0 Å². The zero-order valence-electron chi connectivity index (χ0n) is 11.6. The van der Waals surface area contributed by atoms with E-state index in [4.69, 9.17) is 4.74 Å². The van der Waals surface area contributed by atoms with Crippen molar-refractivity contribution in [2.24, 2.45) is 0 Å². The number of ether oxygens (including phenoxy) is 1. The highest BCUT2D eigenvalue weighted by Gasteiger charge is 2.10. The third-order valence-electron chi connectivity index (χ3n) is 2.85. The summed E-state index contributed by atoms with van der Waals surface area (Å²) in [5.74, 6) is 0.344. The smallest absolute Gasteiger partial charge is 0.308 e. The molecule has 0 amide bonds. The van der Waals surface area contributed by atoms with E-state index in [1.807, 2.05) is 18.2 Å². The lowest BCUT2D eigenvalue weighted by atomic mass is 9.94. The topological polar surface area (TPSA) is 26.3 Å². The van der Waals surface area contributed by atoms with Crippen molar-refractivity contribution in [1.29, 1.82) is 0 Å². The molecule has 0 heterocycles. The van der Waals surface area contributed by atoms with Crippen molar-refractivity contribution in [3.8, 4) is 5.75 Å². The van der Waals surface area contributed by atoms with Gasteiger partial charge in [-0.3, -0.25) is 4.79 Å². The molecule has 0 radical (unpaired) electrons. The Bertz CT molecular complexity index is 433. The van der Waals surface area contributed by atoms with Gasteiger partial charge in [-0.1, -0.05) is 39.3 Å². The monoisotopic (exact) mass is 246 g/mol. The van der Waals surface area contributed by atoms with Gasteiger partial charge in [-0.2, -0.15) is 0 Å². The Balaban J connectivity index is 3.23. The zero-order chi connectivity index (χ0) is 13.5. The fourth-order valence-corrected chi connectivity index (χ4v) is 2.18. The van der Waals surface area contributed by atoms with Crippen LogP contribution in [-0.4, -0.2) is 5.97 Å². The molecule has 18 heavy (non-hydrogen) atoms. The molecule has 0 aliphatic carbocycles. The van der Waals surface area contributed by atoms with Crippen LogP contribution in [0.1, 0.15) is 50.3 Å². The average molecular weight is 246 g/mol. The molecule has 0 aromatic heterocycles. The van der Waals surface area contributed by atoms with E-state index >= 15 is 0 Å². The second kappa shape index (κ2) is 7.00. The van der Waals surface area contributed by atoms with Crippen LogP contribution in [0.15, 0.2) is 18.7 Å². The van der Waals surface area contributed by atoms with E-state index in [1.165, 1.54) is 18.1 Å². The SMILES string of the molecule is C=Cc1cc(OC(C)=O)cc(CCC)c1CCC. The summed E-state index contributed by atoms with van der Waals surface area (Å²) in [6.45, 7) is 9.60. The van der Waals surface area contributed by atoms with Crippen molar-refractivity contribution in [2.75, 3.05) is 0 Å². The molecule has 0 aliphatic heterocycles. The van der Waals surface area contributed by atoms with Gasteiger partial charge in [0, 0.05) is 6.92 Å². The van der Waals surface area contributed by atoms with Gasteiger partial charge >= 0.3 is 5.97 Å². The fraction of sp³-hybridized carbons (Fsp3) is 0.438. The first-order valence-electron chi connectivity index (χ1n) is 6.59. The van der Waals surface area contributed by atoms with Gasteiger partial charge in [0.25, 0.3) is 0 Å². The maximum atomic E-state index is 11.0. The summed E-state index contributed by atoms with van der Waals surface area (Å²) >= 11 is 0.